The summed E-state index contributed by atoms with van der Waals surface area (Å²) in [5, 5.41) is 5.11. The average molecular weight is 458 g/mol. The van der Waals surface area contributed by atoms with Gasteiger partial charge in [0, 0.05) is 23.5 Å². The first-order valence-corrected chi connectivity index (χ1v) is 8.75. The van der Waals surface area contributed by atoms with Crippen molar-refractivity contribution >= 4 is 23.1 Å². The lowest BCUT2D eigenvalue weighted by atomic mass is 10.2. The number of nitrogens with one attached hydrogen (secondary N) is 2. The molecule has 0 aliphatic carbocycles. The highest BCUT2D eigenvalue weighted by molar-refractivity contribution is 5.64. The Hall–Kier alpha value is -3.90. The van der Waals surface area contributed by atoms with E-state index in [1.54, 1.807) is 0 Å². The van der Waals surface area contributed by atoms with Gasteiger partial charge in [0.25, 0.3) is 0 Å². The quantitative estimate of drug-likeness (QED) is 0.493. The van der Waals surface area contributed by atoms with Crippen LogP contribution in [0.3, 0.4) is 0 Å². The molecule has 0 fully saturated rings. The van der Waals surface area contributed by atoms with Crippen molar-refractivity contribution in [2.45, 2.75) is 12.5 Å². The van der Waals surface area contributed by atoms with Crippen LogP contribution in [0.15, 0.2) is 42.6 Å². The summed E-state index contributed by atoms with van der Waals surface area (Å²) in [6.45, 7) is 0. The van der Waals surface area contributed by atoms with Crippen LogP contribution in [0, 0.1) is 5.82 Å². The summed E-state index contributed by atoms with van der Waals surface area (Å²) in [4.78, 5) is 7.58. The van der Waals surface area contributed by atoms with Crippen molar-refractivity contribution in [1.82, 2.24) is 9.97 Å². The number of rotatable bonds is 5. The zero-order valence-corrected chi connectivity index (χ0v) is 15.9. The first-order chi connectivity index (χ1) is 15.0. The molecule has 0 spiro atoms. The molecule has 32 heavy (non-hydrogen) atoms. The van der Waals surface area contributed by atoms with E-state index in [9.17, 15) is 26.3 Å². The normalized spacial score (nSPS) is 14.2. The first kappa shape index (κ1) is 21.3. The largest absolute Gasteiger partial charge is 0.586 e. The number of nitrogens with zero attached hydrogens (tertiary/aromatic N) is 2. The van der Waals surface area contributed by atoms with Crippen LogP contribution in [0.5, 0.6) is 17.2 Å². The van der Waals surface area contributed by atoms with Crippen molar-refractivity contribution in [1.29, 1.82) is 0 Å². The minimum atomic E-state index is -4.63. The number of fused-ring (bicyclic) bond motifs is 1. The van der Waals surface area contributed by atoms with Gasteiger partial charge in [0.15, 0.2) is 23.1 Å². The van der Waals surface area contributed by atoms with Gasteiger partial charge in [0.05, 0.1) is 18.9 Å². The predicted octanol–water partition coefficient (Wildman–Crippen LogP) is 5.45. The third-order valence-corrected chi connectivity index (χ3v) is 4.13. The fourth-order valence-corrected chi connectivity index (χ4v) is 2.76. The Morgan fingerprint density at radius 1 is 0.969 bits per heavy atom. The first-order valence-electron chi connectivity index (χ1n) is 8.75. The zero-order chi connectivity index (χ0) is 23.1. The maximum Gasteiger partial charge on any atom is 0.586 e. The van der Waals surface area contributed by atoms with Gasteiger partial charge in [0.2, 0.25) is 5.95 Å². The Bertz CT molecular complexity index is 1170. The van der Waals surface area contributed by atoms with Gasteiger partial charge in [-0.2, -0.15) is 18.2 Å². The monoisotopic (exact) mass is 458 g/mol. The summed E-state index contributed by atoms with van der Waals surface area (Å²) in [5.74, 6) is -2.05. The van der Waals surface area contributed by atoms with Crippen molar-refractivity contribution < 1.29 is 40.6 Å². The summed E-state index contributed by atoms with van der Waals surface area (Å²) in [6.07, 6.45) is -7.66. The Morgan fingerprint density at radius 3 is 2.44 bits per heavy atom. The molecule has 0 saturated heterocycles. The van der Waals surface area contributed by atoms with E-state index >= 15 is 0 Å². The fourth-order valence-electron chi connectivity index (χ4n) is 2.76. The number of benzene rings is 2. The highest BCUT2D eigenvalue weighted by atomic mass is 19.4. The van der Waals surface area contributed by atoms with Gasteiger partial charge >= 0.3 is 12.5 Å². The summed E-state index contributed by atoms with van der Waals surface area (Å²) in [5.41, 5.74) is -0.897. The van der Waals surface area contributed by atoms with Crippen LogP contribution < -0.4 is 24.8 Å². The molecule has 2 N–H and O–H groups in total. The summed E-state index contributed by atoms with van der Waals surface area (Å²) in [7, 11) is 1.21. The van der Waals surface area contributed by atoms with Gasteiger partial charge < -0.3 is 24.8 Å². The molecule has 13 heteroatoms. The molecule has 168 valence electrons. The Balaban J connectivity index is 1.58. The van der Waals surface area contributed by atoms with Gasteiger partial charge in [-0.3, -0.25) is 0 Å². The molecule has 0 atom stereocenters. The highest BCUT2D eigenvalue weighted by Crippen LogP contribution is 2.42. The third kappa shape index (κ3) is 4.55. The summed E-state index contributed by atoms with van der Waals surface area (Å²) < 4.78 is 93.2. The van der Waals surface area contributed by atoms with E-state index in [0.717, 1.165) is 24.4 Å². The van der Waals surface area contributed by atoms with Crippen molar-refractivity contribution in [3.05, 3.63) is 54.0 Å². The number of methoxy groups -OCH3 is 1. The average Bonchev–Trinajstić information content (AvgIpc) is 3.02. The number of aromatic nitrogens is 2. The van der Waals surface area contributed by atoms with E-state index in [1.165, 1.54) is 25.3 Å². The van der Waals surface area contributed by atoms with Crippen molar-refractivity contribution in [2.24, 2.45) is 0 Å². The van der Waals surface area contributed by atoms with Gasteiger partial charge in [-0.25, -0.2) is 9.37 Å². The van der Waals surface area contributed by atoms with Crippen LogP contribution in [0.25, 0.3) is 0 Å². The van der Waals surface area contributed by atoms with Gasteiger partial charge in [-0.15, -0.1) is 8.78 Å². The van der Waals surface area contributed by atoms with E-state index in [0.29, 0.717) is 0 Å². The number of anilines is 4. The Labute approximate surface area is 176 Å². The highest BCUT2D eigenvalue weighted by Gasteiger charge is 2.43. The van der Waals surface area contributed by atoms with Crippen molar-refractivity contribution in [3.8, 4) is 17.2 Å². The van der Waals surface area contributed by atoms with E-state index in [1.807, 2.05) is 0 Å². The molecule has 1 aromatic heterocycles. The molecule has 7 nitrogen and oxygen atoms in total. The van der Waals surface area contributed by atoms with Crippen molar-refractivity contribution in [2.75, 3.05) is 17.7 Å². The Morgan fingerprint density at radius 2 is 1.72 bits per heavy atom. The van der Waals surface area contributed by atoms with Crippen LogP contribution in [-0.4, -0.2) is 23.4 Å². The third-order valence-electron chi connectivity index (χ3n) is 4.13. The number of hydrogen-bond acceptors (Lipinski definition) is 7. The van der Waals surface area contributed by atoms with Gasteiger partial charge in [-0.1, -0.05) is 0 Å². The maximum atomic E-state index is 14.2. The van der Waals surface area contributed by atoms with Crippen LogP contribution in [0.4, 0.5) is 49.5 Å². The van der Waals surface area contributed by atoms with E-state index in [-0.39, 0.29) is 40.4 Å². The molecule has 1 aliphatic rings. The zero-order valence-electron chi connectivity index (χ0n) is 15.9. The van der Waals surface area contributed by atoms with Crippen LogP contribution in [0.1, 0.15) is 5.56 Å². The standard InChI is InChI=1S/C19H12F6N4O3/c1-30-12-5-9(18(21,22)23)4-11(6-12)28-17-26-8-13(20)16(29-17)27-10-2-3-14-15(7-10)32-19(24,25)31-14/h2-8H,1H3,(H2,26,27,28,29). The molecule has 2 heterocycles. The molecular weight excluding hydrogens is 446 g/mol. The van der Waals surface area contributed by atoms with E-state index in [2.05, 4.69) is 30.1 Å². The van der Waals surface area contributed by atoms with Gasteiger partial charge in [-0.05, 0) is 24.3 Å². The number of ether oxygens (including phenoxy) is 3. The second-order valence-corrected chi connectivity index (χ2v) is 6.42. The lowest BCUT2D eigenvalue weighted by molar-refractivity contribution is -0.286. The smallest absolute Gasteiger partial charge is 0.497 e. The minimum Gasteiger partial charge on any atom is -0.497 e. The summed E-state index contributed by atoms with van der Waals surface area (Å²) in [6, 6.07) is 6.53. The lowest BCUT2D eigenvalue weighted by Crippen LogP contribution is -2.25. The van der Waals surface area contributed by atoms with E-state index in [4.69, 9.17) is 4.74 Å². The Kier molecular flexibility index (Phi) is 5.11. The fraction of sp³-hybridized carbons (Fsp3) is 0.158. The van der Waals surface area contributed by atoms with Crippen molar-refractivity contribution in [3.63, 3.8) is 0 Å². The SMILES string of the molecule is COc1cc(Nc2ncc(F)c(Nc3ccc4c(c3)OC(F)(F)O4)n2)cc(C(F)(F)F)c1. The van der Waals surface area contributed by atoms with Gasteiger partial charge in [0.1, 0.15) is 5.75 Å². The molecule has 4 rings (SSSR count). The van der Waals surface area contributed by atoms with Crippen LogP contribution in [0.2, 0.25) is 0 Å². The lowest BCUT2D eigenvalue weighted by Gasteiger charge is -2.13. The molecule has 0 saturated carbocycles. The van der Waals surface area contributed by atoms with E-state index < -0.39 is 23.9 Å². The number of halogens is 6. The molecule has 0 unspecified atom stereocenters. The van der Waals surface area contributed by atoms with Crippen LogP contribution >= 0.6 is 0 Å². The molecule has 3 aromatic rings. The minimum absolute atomic E-state index is 0.0560. The summed E-state index contributed by atoms with van der Waals surface area (Å²) >= 11 is 0. The molecule has 0 radical (unpaired) electrons. The predicted molar refractivity (Wildman–Crippen MR) is 99.2 cm³/mol. The number of alkyl halides is 5. The maximum absolute atomic E-state index is 14.2. The molecule has 0 bridgehead atoms. The molecule has 0 amide bonds. The second kappa shape index (κ2) is 7.66. The molecular formula is C19H12F6N4O3. The topological polar surface area (TPSA) is 77.5 Å². The number of hydrogen-bond donors (Lipinski definition) is 2. The van der Waals surface area contributed by atoms with Crippen LogP contribution in [-0.2, 0) is 6.18 Å². The molecule has 2 aromatic carbocycles. The molecule has 1 aliphatic heterocycles. The second-order valence-electron chi connectivity index (χ2n) is 6.42.